The molecule has 1 aliphatic carbocycles. The van der Waals surface area contributed by atoms with Gasteiger partial charge in [0.2, 0.25) is 0 Å². The molecule has 6 heteroatoms. The van der Waals surface area contributed by atoms with Gasteiger partial charge < -0.3 is 24.4 Å². The van der Waals surface area contributed by atoms with Gasteiger partial charge in [-0.2, -0.15) is 11.8 Å². The van der Waals surface area contributed by atoms with E-state index in [1.54, 1.807) is 0 Å². The van der Waals surface area contributed by atoms with E-state index < -0.39 is 11.2 Å². The molecule has 2 N–H and O–H groups in total. The minimum absolute atomic E-state index is 0.113. The summed E-state index contributed by atoms with van der Waals surface area (Å²) in [6, 6.07) is 0. The predicted molar refractivity (Wildman–Crippen MR) is 135 cm³/mol. The molecule has 1 aliphatic rings. The number of rotatable bonds is 18. The van der Waals surface area contributed by atoms with Crippen LogP contribution >= 0.6 is 11.8 Å². The number of hydrogen-bond donors (Lipinski definition) is 2. The molecule has 5 nitrogen and oxygen atoms in total. The normalized spacial score (nSPS) is 17.4. The number of hydrogen-bond acceptors (Lipinski definition) is 6. The Morgan fingerprint density at radius 2 is 1.56 bits per heavy atom. The van der Waals surface area contributed by atoms with Crippen molar-refractivity contribution in [2.75, 3.05) is 38.8 Å². The average Bonchev–Trinajstić information content (AvgIpc) is 2.60. The zero-order chi connectivity index (χ0) is 24.5. The fourth-order valence-electron chi connectivity index (χ4n) is 3.54. The van der Waals surface area contributed by atoms with Crippen LogP contribution in [0, 0.1) is 11.3 Å². The Morgan fingerprint density at radius 1 is 0.906 bits per heavy atom. The van der Waals surface area contributed by atoms with Crippen LogP contribution in [0.5, 0.6) is 0 Å². The van der Waals surface area contributed by atoms with Crippen molar-refractivity contribution in [1.82, 2.24) is 0 Å². The maximum atomic E-state index is 10.0. The predicted octanol–water partition coefficient (Wildman–Crippen LogP) is 5.46. The van der Waals surface area contributed by atoms with E-state index in [9.17, 15) is 10.2 Å². The van der Waals surface area contributed by atoms with Crippen molar-refractivity contribution in [3.8, 4) is 0 Å². The summed E-state index contributed by atoms with van der Waals surface area (Å²) in [4.78, 5) is 0. The molecule has 0 spiro atoms. The summed E-state index contributed by atoms with van der Waals surface area (Å²) < 4.78 is 18.7. The molecular formula is C26H52O5S. The van der Waals surface area contributed by atoms with E-state index in [1.165, 1.54) is 25.0 Å². The van der Waals surface area contributed by atoms with E-state index in [-0.39, 0.29) is 23.5 Å². The fourth-order valence-corrected chi connectivity index (χ4v) is 4.82. The van der Waals surface area contributed by atoms with Crippen molar-refractivity contribution in [3.63, 3.8) is 0 Å². The summed E-state index contributed by atoms with van der Waals surface area (Å²) in [5, 5.41) is 20.3. The maximum Gasteiger partial charge on any atom is 0.0681 e. The van der Waals surface area contributed by atoms with E-state index in [4.69, 9.17) is 14.2 Å². The van der Waals surface area contributed by atoms with Gasteiger partial charge in [0, 0.05) is 29.8 Å². The lowest BCUT2D eigenvalue weighted by molar-refractivity contribution is -0.162. The minimum Gasteiger partial charge on any atom is -0.396 e. The van der Waals surface area contributed by atoms with E-state index in [2.05, 4.69) is 39.5 Å². The third-order valence-corrected chi connectivity index (χ3v) is 8.76. The molecule has 0 aromatic carbocycles. The molecule has 0 bridgehead atoms. The van der Waals surface area contributed by atoms with Crippen molar-refractivity contribution >= 4 is 11.8 Å². The van der Waals surface area contributed by atoms with E-state index in [0.717, 1.165) is 18.3 Å². The SMILES string of the molecule is CC(C)(O)CCOC(C)(C)C(C)(C)C(COCCCSC1CCC1)COC(C)(C)CCO. The van der Waals surface area contributed by atoms with Crippen LogP contribution in [0.3, 0.4) is 0 Å². The molecule has 1 atom stereocenters. The van der Waals surface area contributed by atoms with Gasteiger partial charge in [-0.15, -0.1) is 0 Å². The Bertz CT molecular complexity index is 509. The number of ether oxygens (including phenoxy) is 3. The van der Waals surface area contributed by atoms with Crippen LogP contribution in [0.2, 0.25) is 0 Å². The minimum atomic E-state index is -0.738. The smallest absolute Gasteiger partial charge is 0.0681 e. The van der Waals surface area contributed by atoms with E-state index in [0.29, 0.717) is 32.7 Å². The lowest BCUT2D eigenvalue weighted by Gasteiger charge is -2.47. The Labute approximate surface area is 202 Å². The van der Waals surface area contributed by atoms with Crippen LogP contribution in [0.15, 0.2) is 0 Å². The van der Waals surface area contributed by atoms with Crippen LogP contribution in [0.4, 0.5) is 0 Å². The summed E-state index contributed by atoms with van der Waals surface area (Å²) in [5.74, 6) is 1.31. The van der Waals surface area contributed by atoms with Gasteiger partial charge in [0.05, 0.1) is 36.6 Å². The highest BCUT2D eigenvalue weighted by Crippen LogP contribution is 2.42. The first kappa shape index (κ1) is 30.2. The summed E-state index contributed by atoms with van der Waals surface area (Å²) in [6.45, 7) is 18.9. The molecule has 0 aliphatic heterocycles. The van der Waals surface area contributed by atoms with Crippen LogP contribution < -0.4 is 0 Å². The molecule has 1 unspecified atom stereocenters. The van der Waals surface area contributed by atoms with Gasteiger partial charge >= 0.3 is 0 Å². The second-order valence-electron chi connectivity index (χ2n) is 11.7. The van der Waals surface area contributed by atoms with Crippen molar-refractivity contribution in [3.05, 3.63) is 0 Å². The van der Waals surface area contributed by atoms with Crippen LogP contribution in [0.25, 0.3) is 0 Å². The Hall–Kier alpha value is 0.150. The Kier molecular flexibility index (Phi) is 12.5. The van der Waals surface area contributed by atoms with Gasteiger partial charge in [0.1, 0.15) is 0 Å². The first-order valence-electron chi connectivity index (χ1n) is 12.5. The molecule has 1 rings (SSSR count). The van der Waals surface area contributed by atoms with Gasteiger partial charge in [0.15, 0.2) is 0 Å². The number of aliphatic hydroxyl groups excluding tert-OH is 1. The molecule has 192 valence electrons. The number of aliphatic hydroxyl groups is 2. The average molecular weight is 477 g/mol. The van der Waals surface area contributed by atoms with Crippen LogP contribution in [0.1, 0.15) is 93.9 Å². The molecule has 0 heterocycles. The maximum absolute atomic E-state index is 10.0. The molecule has 0 aromatic rings. The largest absolute Gasteiger partial charge is 0.396 e. The van der Waals surface area contributed by atoms with Gasteiger partial charge in [-0.05, 0) is 79.4 Å². The lowest BCUT2D eigenvalue weighted by Crippen LogP contribution is -2.50. The molecule has 1 saturated carbocycles. The highest BCUT2D eigenvalue weighted by molar-refractivity contribution is 7.99. The zero-order valence-corrected chi connectivity index (χ0v) is 23.0. The quantitative estimate of drug-likeness (QED) is 0.256. The molecule has 0 saturated heterocycles. The van der Waals surface area contributed by atoms with Crippen molar-refractivity contribution in [1.29, 1.82) is 0 Å². The number of thioether (sulfide) groups is 1. The van der Waals surface area contributed by atoms with Crippen molar-refractivity contribution in [2.45, 2.75) is 116 Å². The second-order valence-corrected chi connectivity index (χ2v) is 13.1. The van der Waals surface area contributed by atoms with Gasteiger partial charge in [-0.25, -0.2) is 0 Å². The molecule has 1 fully saturated rings. The van der Waals surface area contributed by atoms with Crippen molar-refractivity contribution < 1.29 is 24.4 Å². The standard InChI is InChI=1S/C26H52O5S/c1-23(2,28)14-17-30-26(7,8)25(5,6)21(20-31-24(3,4)13-15-27)19-29-16-10-18-32-22-11-9-12-22/h21-22,27-28H,9-20H2,1-8H3. The van der Waals surface area contributed by atoms with Crippen LogP contribution in [-0.2, 0) is 14.2 Å². The first-order valence-corrected chi connectivity index (χ1v) is 13.6. The second kappa shape index (κ2) is 13.3. The summed E-state index contributed by atoms with van der Waals surface area (Å²) in [7, 11) is 0. The zero-order valence-electron chi connectivity index (χ0n) is 22.2. The van der Waals surface area contributed by atoms with Crippen LogP contribution in [-0.4, -0.2) is 71.1 Å². The molecule has 32 heavy (non-hydrogen) atoms. The van der Waals surface area contributed by atoms with Crippen molar-refractivity contribution in [2.24, 2.45) is 11.3 Å². The summed E-state index contributed by atoms with van der Waals surface area (Å²) >= 11 is 2.09. The highest BCUT2D eigenvalue weighted by Gasteiger charge is 2.45. The molecule has 0 amide bonds. The van der Waals surface area contributed by atoms with Gasteiger partial charge in [-0.1, -0.05) is 20.3 Å². The molecule has 0 aromatic heterocycles. The highest BCUT2D eigenvalue weighted by atomic mass is 32.2. The Balaban J connectivity index is 2.67. The van der Waals surface area contributed by atoms with E-state index in [1.807, 2.05) is 27.7 Å². The third-order valence-electron chi connectivity index (χ3n) is 7.30. The third kappa shape index (κ3) is 11.1. The monoisotopic (exact) mass is 476 g/mol. The van der Waals surface area contributed by atoms with Gasteiger partial charge in [0.25, 0.3) is 0 Å². The van der Waals surface area contributed by atoms with E-state index >= 15 is 0 Å². The lowest BCUT2D eigenvalue weighted by atomic mass is 9.68. The molecule has 0 radical (unpaired) electrons. The first-order chi connectivity index (χ1) is 14.7. The summed E-state index contributed by atoms with van der Waals surface area (Å²) in [5.41, 5.74) is -1.76. The topological polar surface area (TPSA) is 68.2 Å². The Morgan fingerprint density at radius 3 is 2.09 bits per heavy atom. The van der Waals surface area contributed by atoms with Gasteiger partial charge in [-0.3, -0.25) is 0 Å². The molecular weight excluding hydrogens is 424 g/mol. The summed E-state index contributed by atoms with van der Waals surface area (Å²) in [6.07, 6.45) is 6.43. The fraction of sp³-hybridized carbons (Fsp3) is 1.00.